The molecule has 0 aromatic heterocycles. The summed E-state index contributed by atoms with van der Waals surface area (Å²) in [5, 5.41) is 8.61. The zero-order valence-electron chi connectivity index (χ0n) is 7.36. The van der Waals surface area contributed by atoms with Crippen molar-refractivity contribution < 1.29 is 9.90 Å². The largest absolute Gasteiger partial charge is 0.481 e. The van der Waals surface area contributed by atoms with Crippen LogP contribution in [0, 0.1) is 0 Å². The maximum Gasteiger partial charge on any atom is 0.307 e. The van der Waals surface area contributed by atoms with E-state index >= 15 is 0 Å². The first-order valence-corrected chi connectivity index (χ1v) is 4.56. The summed E-state index contributed by atoms with van der Waals surface area (Å²) in [5.41, 5.74) is 2.22. The number of hydrogen-bond acceptors (Lipinski definition) is 1. The molecule has 1 aliphatic carbocycles. The second-order valence-electron chi connectivity index (χ2n) is 3.59. The van der Waals surface area contributed by atoms with Gasteiger partial charge in [0.15, 0.2) is 0 Å². The first-order chi connectivity index (χ1) is 6.25. The molecule has 0 radical (unpaired) electrons. The first kappa shape index (κ1) is 8.30. The Morgan fingerprint density at radius 3 is 2.85 bits per heavy atom. The zero-order chi connectivity index (χ0) is 9.26. The topological polar surface area (TPSA) is 37.3 Å². The fraction of sp³-hybridized carbons (Fsp3) is 0.364. The molecule has 1 N–H and O–H groups in total. The van der Waals surface area contributed by atoms with Crippen LogP contribution in [-0.2, 0) is 11.2 Å². The van der Waals surface area contributed by atoms with Crippen LogP contribution in [-0.4, -0.2) is 11.1 Å². The normalized spacial score (nSPS) is 15.7. The summed E-state index contributed by atoms with van der Waals surface area (Å²) in [7, 11) is 0. The number of rotatable bonds is 3. The van der Waals surface area contributed by atoms with E-state index in [1.807, 2.05) is 18.2 Å². The van der Waals surface area contributed by atoms with Crippen molar-refractivity contribution in [3.63, 3.8) is 0 Å². The minimum Gasteiger partial charge on any atom is -0.481 e. The highest BCUT2D eigenvalue weighted by atomic mass is 16.4. The third-order valence-corrected chi connectivity index (χ3v) is 2.36. The SMILES string of the molecule is O=C(O)Cc1cccc(C2CC2)c1. The molecule has 0 saturated heterocycles. The summed E-state index contributed by atoms with van der Waals surface area (Å²) in [6.45, 7) is 0. The van der Waals surface area contributed by atoms with Crippen molar-refractivity contribution >= 4 is 5.97 Å². The molecule has 2 heteroatoms. The lowest BCUT2D eigenvalue weighted by molar-refractivity contribution is -0.136. The maximum absolute atomic E-state index is 10.5. The van der Waals surface area contributed by atoms with Gasteiger partial charge in [0, 0.05) is 0 Å². The molecule has 0 heterocycles. The highest BCUT2D eigenvalue weighted by Gasteiger charge is 2.23. The molecule has 0 unspecified atom stereocenters. The molecule has 2 rings (SSSR count). The second-order valence-corrected chi connectivity index (χ2v) is 3.59. The van der Waals surface area contributed by atoms with E-state index in [9.17, 15) is 4.79 Å². The van der Waals surface area contributed by atoms with Gasteiger partial charge in [-0.25, -0.2) is 0 Å². The molecule has 1 aromatic carbocycles. The van der Waals surface area contributed by atoms with Crippen LogP contribution in [0.1, 0.15) is 29.9 Å². The van der Waals surface area contributed by atoms with Crippen LogP contribution in [0.2, 0.25) is 0 Å². The quantitative estimate of drug-likeness (QED) is 0.766. The highest BCUT2D eigenvalue weighted by Crippen LogP contribution is 2.40. The summed E-state index contributed by atoms with van der Waals surface area (Å²) in [6.07, 6.45) is 2.66. The summed E-state index contributed by atoms with van der Waals surface area (Å²) < 4.78 is 0. The molecule has 13 heavy (non-hydrogen) atoms. The van der Waals surface area contributed by atoms with E-state index in [2.05, 4.69) is 6.07 Å². The number of benzene rings is 1. The Morgan fingerprint density at radius 2 is 2.23 bits per heavy atom. The molecule has 1 fully saturated rings. The van der Waals surface area contributed by atoms with E-state index in [0.29, 0.717) is 5.92 Å². The fourth-order valence-electron chi connectivity index (χ4n) is 1.55. The van der Waals surface area contributed by atoms with E-state index in [-0.39, 0.29) is 6.42 Å². The number of carbonyl (C=O) groups is 1. The number of hydrogen-bond donors (Lipinski definition) is 1. The predicted octanol–water partition coefficient (Wildman–Crippen LogP) is 2.19. The van der Waals surface area contributed by atoms with Crippen molar-refractivity contribution in [1.29, 1.82) is 0 Å². The van der Waals surface area contributed by atoms with Crippen LogP contribution in [0.4, 0.5) is 0 Å². The number of carboxylic acids is 1. The molecule has 0 spiro atoms. The summed E-state index contributed by atoms with van der Waals surface area (Å²) >= 11 is 0. The van der Waals surface area contributed by atoms with E-state index in [1.54, 1.807) is 0 Å². The Kier molecular flexibility index (Phi) is 2.05. The van der Waals surface area contributed by atoms with Crippen LogP contribution in [0.15, 0.2) is 24.3 Å². The number of carboxylic acid groups (broad SMARTS) is 1. The number of aliphatic carboxylic acids is 1. The van der Waals surface area contributed by atoms with Gasteiger partial charge in [0.2, 0.25) is 0 Å². The third-order valence-electron chi connectivity index (χ3n) is 2.36. The molecule has 68 valence electrons. The lowest BCUT2D eigenvalue weighted by Crippen LogP contribution is -2.00. The van der Waals surface area contributed by atoms with Gasteiger partial charge in [0.05, 0.1) is 6.42 Å². The fourth-order valence-corrected chi connectivity index (χ4v) is 1.55. The molecule has 0 bridgehead atoms. The summed E-state index contributed by atoms with van der Waals surface area (Å²) in [5.74, 6) is -0.0540. The van der Waals surface area contributed by atoms with Crippen molar-refractivity contribution in [2.24, 2.45) is 0 Å². The average molecular weight is 176 g/mol. The predicted molar refractivity (Wildman–Crippen MR) is 49.8 cm³/mol. The summed E-state index contributed by atoms with van der Waals surface area (Å²) in [6, 6.07) is 7.93. The Morgan fingerprint density at radius 1 is 1.46 bits per heavy atom. The lowest BCUT2D eigenvalue weighted by Gasteiger charge is -2.00. The van der Waals surface area contributed by atoms with Crippen molar-refractivity contribution in [3.8, 4) is 0 Å². The van der Waals surface area contributed by atoms with Crippen molar-refractivity contribution in [2.75, 3.05) is 0 Å². The molecular weight excluding hydrogens is 164 g/mol. The Balaban J connectivity index is 2.16. The van der Waals surface area contributed by atoms with Crippen molar-refractivity contribution in [2.45, 2.75) is 25.2 Å². The van der Waals surface area contributed by atoms with Crippen LogP contribution < -0.4 is 0 Å². The molecule has 0 atom stereocenters. The van der Waals surface area contributed by atoms with Crippen LogP contribution in [0.3, 0.4) is 0 Å². The second kappa shape index (κ2) is 3.21. The molecule has 0 aliphatic heterocycles. The van der Waals surface area contributed by atoms with E-state index in [4.69, 9.17) is 5.11 Å². The van der Waals surface area contributed by atoms with Gasteiger partial charge in [-0.1, -0.05) is 24.3 Å². The van der Waals surface area contributed by atoms with E-state index < -0.39 is 5.97 Å². The van der Waals surface area contributed by atoms with E-state index in [0.717, 1.165) is 5.56 Å². The maximum atomic E-state index is 10.5. The van der Waals surface area contributed by atoms with Gasteiger partial charge < -0.3 is 5.11 Å². The van der Waals surface area contributed by atoms with Gasteiger partial charge in [-0.3, -0.25) is 4.79 Å². The van der Waals surface area contributed by atoms with Gasteiger partial charge in [0.1, 0.15) is 0 Å². The zero-order valence-corrected chi connectivity index (χ0v) is 7.36. The van der Waals surface area contributed by atoms with Gasteiger partial charge in [0.25, 0.3) is 0 Å². The minimum absolute atomic E-state index is 0.139. The highest BCUT2D eigenvalue weighted by molar-refractivity contribution is 5.70. The Bertz CT molecular complexity index is 327. The smallest absolute Gasteiger partial charge is 0.307 e. The van der Waals surface area contributed by atoms with E-state index in [1.165, 1.54) is 18.4 Å². The standard InChI is InChI=1S/C11H12O2/c12-11(13)7-8-2-1-3-10(6-8)9-4-5-9/h1-3,6,9H,4-5,7H2,(H,12,13). The van der Waals surface area contributed by atoms with Crippen LogP contribution in [0.5, 0.6) is 0 Å². The minimum atomic E-state index is -0.757. The molecule has 1 aliphatic rings. The van der Waals surface area contributed by atoms with Crippen LogP contribution >= 0.6 is 0 Å². The van der Waals surface area contributed by atoms with Gasteiger partial charge in [-0.05, 0) is 29.9 Å². The summed E-state index contributed by atoms with van der Waals surface area (Å²) in [4.78, 5) is 10.5. The third kappa shape index (κ3) is 2.08. The van der Waals surface area contributed by atoms with Gasteiger partial charge >= 0.3 is 5.97 Å². The Hall–Kier alpha value is -1.31. The van der Waals surface area contributed by atoms with Crippen molar-refractivity contribution in [3.05, 3.63) is 35.4 Å². The molecule has 1 aromatic rings. The average Bonchev–Trinajstić information content (AvgIpc) is 2.85. The van der Waals surface area contributed by atoms with Gasteiger partial charge in [-0.15, -0.1) is 0 Å². The molecule has 1 saturated carbocycles. The Labute approximate surface area is 77.2 Å². The lowest BCUT2D eigenvalue weighted by atomic mass is 10.1. The first-order valence-electron chi connectivity index (χ1n) is 4.56. The monoisotopic (exact) mass is 176 g/mol. The van der Waals surface area contributed by atoms with Crippen molar-refractivity contribution in [1.82, 2.24) is 0 Å². The molecule has 2 nitrogen and oxygen atoms in total. The molecule has 0 amide bonds. The van der Waals surface area contributed by atoms with Crippen LogP contribution in [0.25, 0.3) is 0 Å². The molecular formula is C11H12O2. The van der Waals surface area contributed by atoms with Gasteiger partial charge in [-0.2, -0.15) is 0 Å².